The third kappa shape index (κ3) is 3.01. The molecule has 0 aliphatic carbocycles. The number of hydrogen-bond acceptors (Lipinski definition) is 2. The molecule has 0 radical (unpaired) electrons. The van der Waals surface area contributed by atoms with E-state index in [2.05, 4.69) is 5.10 Å². The van der Waals surface area contributed by atoms with Crippen molar-refractivity contribution in [2.45, 2.75) is 12.7 Å². The van der Waals surface area contributed by atoms with Crippen molar-refractivity contribution in [1.82, 2.24) is 9.78 Å². The summed E-state index contributed by atoms with van der Waals surface area (Å²) in [6.45, 7) is -0.571. The molecule has 0 bridgehead atoms. The van der Waals surface area contributed by atoms with Crippen LogP contribution in [0.2, 0.25) is 0 Å². The molecule has 0 spiro atoms. The Morgan fingerprint density at radius 2 is 1.95 bits per heavy atom. The zero-order chi connectivity index (χ0) is 14.9. The largest absolute Gasteiger partial charge is 0.419 e. The number of carbonyl (C=O) groups is 1. The van der Waals surface area contributed by atoms with E-state index in [4.69, 9.17) is 0 Å². The third-order valence-corrected chi connectivity index (χ3v) is 2.50. The maximum absolute atomic E-state index is 13.3. The normalized spacial score (nSPS) is 11.7. The summed E-state index contributed by atoms with van der Waals surface area (Å²) < 4.78 is 63.7. The monoisotopic (exact) mass is 290 g/mol. The highest BCUT2D eigenvalue weighted by atomic mass is 19.4. The lowest BCUT2D eigenvalue weighted by Gasteiger charge is -2.03. The number of carbonyl (C=O) groups excluding carboxylic acids is 1. The van der Waals surface area contributed by atoms with Crippen LogP contribution in [0.3, 0.4) is 0 Å². The van der Waals surface area contributed by atoms with Crippen molar-refractivity contribution in [3.63, 3.8) is 0 Å². The van der Waals surface area contributed by atoms with E-state index in [-0.39, 0.29) is 0 Å². The highest BCUT2D eigenvalue weighted by Crippen LogP contribution is 2.28. The van der Waals surface area contributed by atoms with E-state index >= 15 is 0 Å². The standard InChI is InChI=1S/C12H7F5N2O/c13-8-1-2-9(10(14)3-8)11(20)6-19-5-7(4-18-19)12(15,16)17/h1-5H,6H2. The molecule has 2 aromatic rings. The highest BCUT2D eigenvalue weighted by Gasteiger charge is 2.32. The van der Waals surface area contributed by atoms with E-state index in [9.17, 15) is 26.7 Å². The minimum Gasteiger partial charge on any atom is -0.292 e. The topological polar surface area (TPSA) is 34.9 Å². The first-order valence-corrected chi connectivity index (χ1v) is 5.35. The Balaban J connectivity index is 2.17. The average Bonchev–Trinajstić information content (AvgIpc) is 2.76. The van der Waals surface area contributed by atoms with Gasteiger partial charge in [-0.3, -0.25) is 9.48 Å². The fraction of sp³-hybridized carbons (Fsp3) is 0.167. The number of hydrogen-bond donors (Lipinski definition) is 0. The summed E-state index contributed by atoms with van der Waals surface area (Å²) in [6.07, 6.45) is -3.37. The first-order chi connectivity index (χ1) is 9.27. The minimum absolute atomic E-state index is 0.407. The van der Waals surface area contributed by atoms with E-state index in [1.807, 2.05) is 0 Å². The fourth-order valence-corrected chi connectivity index (χ4v) is 1.54. The molecule has 106 valence electrons. The van der Waals surface area contributed by atoms with Crippen molar-refractivity contribution in [1.29, 1.82) is 0 Å². The van der Waals surface area contributed by atoms with Gasteiger partial charge in [0.25, 0.3) is 0 Å². The molecule has 0 aliphatic heterocycles. The van der Waals surface area contributed by atoms with Crippen molar-refractivity contribution in [3.8, 4) is 0 Å². The van der Waals surface area contributed by atoms with E-state index in [1.54, 1.807) is 0 Å². The molecule has 0 atom stereocenters. The SMILES string of the molecule is O=C(Cn1cc(C(F)(F)F)cn1)c1ccc(F)cc1F. The predicted octanol–water partition coefficient (Wildman–Crippen LogP) is 3.06. The van der Waals surface area contributed by atoms with Gasteiger partial charge in [0.1, 0.15) is 18.2 Å². The van der Waals surface area contributed by atoms with Crippen LogP contribution in [0.25, 0.3) is 0 Å². The second-order valence-corrected chi connectivity index (χ2v) is 3.97. The van der Waals surface area contributed by atoms with Crippen LogP contribution < -0.4 is 0 Å². The van der Waals surface area contributed by atoms with Gasteiger partial charge in [-0.1, -0.05) is 0 Å². The van der Waals surface area contributed by atoms with Gasteiger partial charge in [0.15, 0.2) is 5.78 Å². The molecular weight excluding hydrogens is 283 g/mol. The van der Waals surface area contributed by atoms with Crippen molar-refractivity contribution in [2.24, 2.45) is 0 Å². The maximum Gasteiger partial charge on any atom is 0.419 e. The summed E-state index contributed by atoms with van der Waals surface area (Å²) >= 11 is 0. The lowest BCUT2D eigenvalue weighted by molar-refractivity contribution is -0.137. The molecule has 3 nitrogen and oxygen atoms in total. The number of halogens is 5. The smallest absolute Gasteiger partial charge is 0.292 e. The van der Waals surface area contributed by atoms with E-state index < -0.39 is 41.3 Å². The van der Waals surface area contributed by atoms with Crippen molar-refractivity contribution in [3.05, 3.63) is 53.4 Å². The van der Waals surface area contributed by atoms with Gasteiger partial charge in [0.05, 0.1) is 17.3 Å². The Morgan fingerprint density at radius 1 is 1.25 bits per heavy atom. The van der Waals surface area contributed by atoms with E-state index in [0.717, 1.165) is 16.8 Å². The Hall–Kier alpha value is -2.25. The van der Waals surface area contributed by atoms with Crippen molar-refractivity contribution < 1.29 is 26.7 Å². The molecule has 0 aliphatic rings. The zero-order valence-corrected chi connectivity index (χ0v) is 9.79. The number of rotatable bonds is 3. The molecule has 0 saturated carbocycles. The molecule has 1 aromatic heterocycles. The van der Waals surface area contributed by atoms with Crippen molar-refractivity contribution >= 4 is 5.78 Å². The number of Topliss-reactive ketones (excluding diaryl/α,β-unsaturated/α-hetero) is 1. The average molecular weight is 290 g/mol. The van der Waals surface area contributed by atoms with Crippen LogP contribution in [0, 0.1) is 11.6 Å². The molecule has 20 heavy (non-hydrogen) atoms. The molecular formula is C12H7F5N2O. The van der Waals surface area contributed by atoms with Crippen LogP contribution in [-0.2, 0) is 12.7 Å². The molecule has 1 heterocycles. The molecule has 0 unspecified atom stereocenters. The van der Waals surface area contributed by atoms with Gasteiger partial charge in [-0.05, 0) is 12.1 Å². The Morgan fingerprint density at radius 3 is 2.50 bits per heavy atom. The summed E-state index contributed by atoms with van der Waals surface area (Å²) in [6, 6.07) is 2.35. The molecule has 0 fully saturated rings. The lowest BCUT2D eigenvalue weighted by Crippen LogP contribution is -2.13. The highest BCUT2D eigenvalue weighted by molar-refractivity contribution is 5.96. The van der Waals surface area contributed by atoms with Crippen LogP contribution in [0.4, 0.5) is 22.0 Å². The molecule has 2 rings (SSSR count). The minimum atomic E-state index is -4.57. The third-order valence-electron chi connectivity index (χ3n) is 2.50. The Kier molecular flexibility index (Phi) is 3.56. The van der Waals surface area contributed by atoms with E-state index in [1.165, 1.54) is 0 Å². The van der Waals surface area contributed by atoms with Gasteiger partial charge in [-0.15, -0.1) is 0 Å². The molecule has 0 amide bonds. The summed E-state index contributed by atoms with van der Waals surface area (Å²) in [4.78, 5) is 11.7. The second-order valence-electron chi connectivity index (χ2n) is 3.97. The van der Waals surface area contributed by atoms with Crippen LogP contribution in [0.1, 0.15) is 15.9 Å². The lowest BCUT2D eigenvalue weighted by atomic mass is 10.1. The van der Waals surface area contributed by atoms with Crippen LogP contribution in [0.5, 0.6) is 0 Å². The molecule has 0 saturated heterocycles. The van der Waals surface area contributed by atoms with Crippen molar-refractivity contribution in [2.75, 3.05) is 0 Å². The molecule has 8 heteroatoms. The first kappa shape index (κ1) is 14.2. The number of alkyl halides is 3. The predicted molar refractivity (Wildman–Crippen MR) is 57.9 cm³/mol. The van der Waals surface area contributed by atoms with Crippen LogP contribution >= 0.6 is 0 Å². The summed E-state index contributed by atoms with van der Waals surface area (Å²) in [5.74, 6) is -2.73. The number of ketones is 1. The summed E-state index contributed by atoms with van der Waals surface area (Å²) in [7, 11) is 0. The van der Waals surface area contributed by atoms with E-state index in [0.29, 0.717) is 18.5 Å². The number of aromatic nitrogens is 2. The Labute approximate surface area is 109 Å². The first-order valence-electron chi connectivity index (χ1n) is 5.35. The van der Waals surface area contributed by atoms with Gasteiger partial charge in [-0.2, -0.15) is 18.3 Å². The molecule has 1 aromatic carbocycles. The van der Waals surface area contributed by atoms with Crippen LogP contribution in [0.15, 0.2) is 30.6 Å². The maximum atomic E-state index is 13.3. The number of benzene rings is 1. The summed E-state index contributed by atoms with van der Waals surface area (Å²) in [5, 5.41) is 3.37. The Bertz CT molecular complexity index is 648. The number of nitrogens with zero attached hydrogens (tertiary/aromatic N) is 2. The van der Waals surface area contributed by atoms with Gasteiger partial charge < -0.3 is 0 Å². The van der Waals surface area contributed by atoms with Gasteiger partial charge in [0, 0.05) is 12.3 Å². The summed E-state index contributed by atoms with van der Waals surface area (Å²) in [5.41, 5.74) is -1.42. The fourth-order valence-electron chi connectivity index (χ4n) is 1.54. The van der Waals surface area contributed by atoms with Gasteiger partial charge in [-0.25, -0.2) is 8.78 Å². The van der Waals surface area contributed by atoms with Gasteiger partial charge in [0.2, 0.25) is 0 Å². The van der Waals surface area contributed by atoms with Crippen LogP contribution in [-0.4, -0.2) is 15.6 Å². The second kappa shape index (κ2) is 5.03. The zero-order valence-electron chi connectivity index (χ0n) is 9.79. The quantitative estimate of drug-likeness (QED) is 0.643. The molecule has 0 N–H and O–H groups in total. The van der Waals surface area contributed by atoms with Gasteiger partial charge >= 0.3 is 6.18 Å².